The zero-order chi connectivity index (χ0) is 14.5. The molecule has 0 aliphatic rings. The van der Waals surface area contributed by atoms with Crippen LogP contribution in [0.15, 0.2) is 36.7 Å². The van der Waals surface area contributed by atoms with Gasteiger partial charge in [0.25, 0.3) is 0 Å². The van der Waals surface area contributed by atoms with Crippen molar-refractivity contribution in [1.82, 2.24) is 4.98 Å². The number of hydrogen-bond acceptors (Lipinski definition) is 3. The van der Waals surface area contributed by atoms with Crippen LogP contribution in [-0.2, 0) is 6.42 Å². The van der Waals surface area contributed by atoms with Gasteiger partial charge in [0.15, 0.2) is 5.78 Å². The molecule has 0 spiro atoms. The molecule has 0 saturated carbocycles. The maximum absolute atomic E-state index is 12.4. The first-order valence-electron chi connectivity index (χ1n) is 6.69. The van der Waals surface area contributed by atoms with Crippen molar-refractivity contribution in [3.05, 3.63) is 58.9 Å². The molecular weight excluding hydrogens is 250 g/mol. The number of benzene rings is 1. The molecule has 104 valence electrons. The van der Waals surface area contributed by atoms with E-state index >= 15 is 0 Å². The highest BCUT2D eigenvalue weighted by atomic mass is 16.5. The Morgan fingerprint density at radius 2 is 2.05 bits per heavy atom. The van der Waals surface area contributed by atoms with Crippen molar-refractivity contribution in [3.63, 3.8) is 0 Å². The third-order valence-electron chi connectivity index (χ3n) is 3.54. The number of methoxy groups -OCH3 is 1. The summed E-state index contributed by atoms with van der Waals surface area (Å²) in [6, 6.07) is 7.69. The average Bonchev–Trinajstić information content (AvgIpc) is 2.48. The number of pyridine rings is 1. The lowest BCUT2D eigenvalue weighted by Gasteiger charge is -2.12. The van der Waals surface area contributed by atoms with Crippen LogP contribution in [0, 0.1) is 13.8 Å². The summed E-state index contributed by atoms with van der Waals surface area (Å²) in [4.78, 5) is 16.4. The first-order chi connectivity index (χ1) is 9.63. The van der Waals surface area contributed by atoms with Gasteiger partial charge in [-0.05, 0) is 49.1 Å². The monoisotopic (exact) mass is 269 g/mol. The summed E-state index contributed by atoms with van der Waals surface area (Å²) < 4.78 is 5.40. The highest BCUT2D eigenvalue weighted by molar-refractivity contribution is 5.99. The van der Waals surface area contributed by atoms with Gasteiger partial charge in [-0.1, -0.05) is 12.1 Å². The number of rotatable bonds is 5. The van der Waals surface area contributed by atoms with Crippen LogP contribution >= 0.6 is 0 Å². The van der Waals surface area contributed by atoms with E-state index in [-0.39, 0.29) is 5.78 Å². The summed E-state index contributed by atoms with van der Waals surface area (Å²) in [7, 11) is 1.61. The number of carbonyl (C=O) groups is 1. The van der Waals surface area contributed by atoms with Gasteiger partial charge < -0.3 is 4.74 Å². The van der Waals surface area contributed by atoms with E-state index in [4.69, 9.17) is 4.74 Å². The number of carbonyl (C=O) groups excluding carboxylic acids is 1. The van der Waals surface area contributed by atoms with E-state index in [0.717, 1.165) is 16.7 Å². The Morgan fingerprint density at radius 1 is 1.25 bits per heavy atom. The van der Waals surface area contributed by atoms with Crippen molar-refractivity contribution in [2.24, 2.45) is 0 Å². The van der Waals surface area contributed by atoms with E-state index in [1.165, 1.54) is 0 Å². The molecule has 0 aliphatic carbocycles. The summed E-state index contributed by atoms with van der Waals surface area (Å²) in [6.45, 7) is 3.99. The number of ketones is 1. The van der Waals surface area contributed by atoms with Gasteiger partial charge in [0.1, 0.15) is 5.75 Å². The lowest BCUT2D eigenvalue weighted by molar-refractivity contribution is 0.0979. The van der Waals surface area contributed by atoms with Crippen molar-refractivity contribution >= 4 is 5.78 Å². The molecule has 1 aromatic carbocycles. The van der Waals surface area contributed by atoms with E-state index in [1.54, 1.807) is 19.5 Å². The molecule has 2 aromatic rings. The highest BCUT2D eigenvalue weighted by Crippen LogP contribution is 2.27. The van der Waals surface area contributed by atoms with E-state index in [0.29, 0.717) is 24.2 Å². The summed E-state index contributed by atoms with van der Waals surface area (Å²) >= 11 is 0. The SMILES string of the molecule is COc1c(C(=O)CCc2cccnc2)ccc(C)c1C. The van der Waals surface area contributed by atoms with Gasteiger partial charge in [0.05, 0.1) is 12.7 Å². The zero-order valence-electron chi connectivity index (χ0n) is 12.1. The first kappa shape index (κ1) is 14.3. The molecule has 0 unspecified atom stereocenters. The number of ether oxygens (including phenoxy) is 1. The molecule has 3 nitrogen and oxygen atoms in total. The van der Waals surface area contributed by atoms with Gasteiger partial charge in [-0.2, -0.15) is 0 Å². The Labute approximate surface area is 119 Å². The fraction of sp³-hybridized carbons (Fsp3) is 0.294. The molecule has 0 amide bonds. The third kappa shape index (κ3) is 3.05. The molecule has 1 aromatic heterocycles. The number of aryl methyl sites for hydroxylation is 2. The third-order valence-corrected chi connectivity index (χ3v) is 3.54. The van der Waals surface area contributed by atoms with Gasteiger partial charge in [0, 0.05) is 18.8 Å². The maximum Gasteiger partial charge on any atom is 0.166 e. The standard InChI is InChI=1S/C17H19NO2/c1-12-6-8-15(17(20-3)13(12)2)16(19)9-7-14-5-4-10-18-11-14/h4-6,8,10-11H,7,9H2,1-3H3. The molecule has 2 rings (SSSR count). The smallest absolute Gasteiger partial charge is 0.166 e. The molecular formula is C17H19NO2. The Morgan fingerprint density at radius 3 is 2.70 bits per heavy atom. The van der Waals surface area contributed by atoms with Crippen LogP contribution in [0.3, 0.4) is 0 Å². The predicted octanol–water partition coefficient (Wildman–Crippen LogP) is 3.52. The lowest BCUT2D eigenvalue weighted by atomic mass is 9.98. The van der Waals surface area contributed by atoms with Crippen LogP contribution in [0.2, 0.25) is 0 Å². The molecule has 3 heteroatoms. The summed E-state index contributed by atoms with van der Waals surface area (Å²) in [5.41, 5.74) is 3.90. The minimum atomic E-state index is 0.105. The van der Waals surface area contributed by atoms with Crippen molar-refractivity contribution in [2.75, 3.05) is 7.11 Å². The average molecular weight is 269 g/mol. The highest BCUT2D eigenvalue weighted by Gasteiger charge is 2.15. The van der Waals surface area contributed by atoms with Crippen molar-refractivity contribution in [3.8, 4) is 5.75 Å². The van der Waals surface area contributed by atoms with Crippen LogP contribution in [0.1, 0.15) is 33.5 Å². The van der Waals surface area contributed by atoms with E-state index < -0.39 is 0 Å². The van der Waals surface area contributed by atoms with Gasteiger partial charge >= 0.3 is 0 Å². The predicted molar refractivity (Wildman–Crippen MR) is 79.4 cm³/mol. The number of aromatic nitrogens is 1. The fourth-order valence-corrected chi connectivity index (χ4v) is 2.21. The fourth-order valence-electron chi connectivity index (χ4n) is 2.21. The molecule has 0 atom stereocenters. The second kappa shape index (κ2) is 6.33. The van der Waals surface area contributed by atoms with Crippen molar-refractivity contribution in [1.29, 1.82) is 0 Å². The Hall–Kier alpha value is -2.16. The Kier molecular flexibility index (Phi) is 4.51. The normalized spacial score (nSPS) is 10.3. The van der Waals surface area contributed by atoms with Gasteiger partial charge in [-0.15, -0.1) is 0 Å². The van der Waals surface area contributed by atoms with Crippen molar-refractivity contribution in [2.45, 2.75) is 26.7 Å². The van der Waals surface area contributed by atoms with Gasteiger partial charge in [-0.25, -0.2) is 0 Å². The van der Waals surface area contributed by atoms with E-state index in [9.17, 15) is 4.79 Å². The molecule has 0 saturated heterocycles. The van der Waals surface area contributed by atoms with Crippen LogP contribution in [0.5, 0.6) is 5.75 Å². The molecule has 20 heavy (non-hydrogen) atoms. The second-order valence-electron chi connectivity index (χ2n) is 4.87. The molecule has 0 radical (unpaired) electrons. The maximum atomic E-state index is 12.4. The minimum absolute atomic E-state index is 0.105. The molecule has 0 N–H and O–H groups in total. The van der Waals surface area contributed by atoms with Crippen LogP contribution in [0.4, 0.5) is 0 Å². The lowest BCUT2D eigenvalue weighted by Crippen LogP contribution is -2.06. The van der Waals surface area contributed by atoms with Crippen LogP contribution in [-0.4, -0.2) is 17.9 Å². The second-order valence-corrected chi connectivity index (χ2v) is 4.87. The van der Waals surface area contributed by atoms with Crippen molar-refractivity contribution < 1.29 is 9.53 Å². The number of hydrogen-bond donors (Lipinski definition) is 0. The van der Waals surface area contributed by atoms with E-state index in [1.807, 2.05) is 38.1 Å². The topological polar surface area (TPSA) is 39.2 Å². The minimum Gasteiger partial charge on any atom is -0.496 e. The Balaban J connectivity index is 2.16. The van der Waals surface area contributed by atoms with Gasteiger partial charge in [-0.3, -0.25) is 9.78 Å². The van der Waals surface area contributed by atoms with Crippen LogP contribution in [0.25, 0.3) is 0 Å². The first-order valence-corrected chi connectivity index (χ1v) is 6.69. The quantitative estimate of drug-likeness (QED) is 0.780. The molecule has 1 heterocycles. The summed E-state index contributed by atoms with van der Waals surface area (Å²) in [6.07, 6.45) is 4.69. The zero-order valence-corrected chi connectivity index (χ0v) is 12.1. The molecule has 0 fully saturated rings. The summed E-state index contributed by atoms with van der Waals surface area (Å²) in [5, 5.41) is 0. The molecule has 0 bridgehead atoms. The van der Waals surface area contributed by atoms with Gasteiger partial charge in [0.2, 0.25) is 0 Å². The Bertz CT molecular complexity index is 606. The summed E-state index contributed by atoms with van der Waals surface area (Å²) in [5.74, 6) is 0.801. The molecule has 0 aliphatic heterocycles. The number of Topliss-reactive ketones (excluding diaryl/α,β-unsaturated/α-hetero) is 1. The largest absolute Gasteiger partial charge is 0.496 e. The van der Waals surface area contributed by atoms with E-state index in [2.05, 4.69) is 4.98 Å². The number of nitrogens with zero attached hydrogens (tertiary/aromatic N) is 1. The van der Waals surface area contributed by atoms with Crippen LogP contribution < -0.4 is 4.74 Å².